The zero-order valence-corrected chi connectivity index (χ0v) is 19.5. The van der Waals surface area contributed by atoms with E-state index >= 15 is 0 Å². The second-order valence-corrected chi connectivity index (χ2v) is 9.13. The average Bonchev–Trinajstić information content (AvgIpc) is 2.84. The molecule has 0 spiro atoms. The number of ether oxygens (including phenoxy) is 2. The molecule has 1 atom stereocenters. The van der Waals surface area contributed by atoms with Crippen LogP contribution in [0.25, 0.3) is 0 Å². The quantitative estimate of drug-likeness (QED) is 0.449. The van der Waals surface area contributed by atoms with Crippen LogP contribution in [0.4, 0.5) is 0 Å². The summed E-state index contributed by atoms with van der Waals surface area (Å²) >= 11 is 0. The SMILES string of the molecule is COc1ccc(C(CC(=O)NCCc2ccccc2)NS(=O)(=O)c2ccc(OC)cc2)cc1. The Kier molecular flexibility index (Phi) is 8.46. The molecule has 0 aromatic heterocycles. The number of amides is 1. The van der Waals surface area contributed by atoms with Gasteiger partial charge in [0.1, 0.15) is 11.5 Å². The van der Waals surface area contributed by atoms with Gasteiger partial charge in [0, 0.05) is 13.0 Å². The van der Waals surface area contributed by atoms with Gasteiger partial charge in [-0.05, 0) is 53.9 Å². The van der Waals surface area contributed by atoms with E-state index in [1.165, 1.54) is 19.2 Å². The zero-order chi connectivity index (χ0) is 23.7. The van der Waals surface area contributed by atoms with E-state index in [4.69, 9.17) is 9.47 Å². The molecule has 33 heavy (non-hydrogen) atoms. The van der Waals surface area contributed by atoms with Crippen molar-refractivity contribution in [3.8, 4) is 11.5 Å². The fourth-order valence-electron chi connectivity index (χ4n) is 3.32. The fourth-order valence-corrected chi connectivity index (χ4v) is 4.55. The average molecular weight is 469 g/mol. The smallest absolute Gasteiger partial charge is 0.241 e. The molecule has 3 aromatic rings. The van der Waals surface area contributed by atoms with Crippen molar-refractivity contribution in [3.05, 3.63) is 90.0 Å². The highest BCUT2D eigenvalue weighted by Gasteiger charge is 2.24. The number of hydrogen-bond acceptors (Lipinski definition) is 5. The Morgan fingerprint density at radius 2 is 1.42 bits per heavy atom. The van der Waals surface area contributed by atoms with Crippen molar-refractivity contribution in [1.82, 2.24) is 10.0 Å². The first kappa shape index (κ1) is 24.3. The van der Waals surface area contributed by atoms with E-state index in [9.17, 15) is 13.2 Å². The lowest BCUT2D eigenvalue weighted by molar-refractivity contribution is -0.121. The van der Waals surface area contributed by atoms with Crippen LogP contribution >= 0.6 is 0 Å². The largest absolute Gasteiger partial charge is 0.497 e. The lowest BCUT2D eigenvalue weighted by Gasteiger charge is -2.19. The summed E-state index contributed by atoms with van der Waals surface area (Å²) in [5.41, 5.74) is 1.77. The molecule has 0 radical (unpaired) electrons. The van der Waals surface area contributed by atoms with Crippen molar-refractivity contribution in [2.75, 3.05) is 20.8 Å². The first-order chi connectivity index (χ1) is 15.9. The first-order valence-electron chi connectivity index (χ1n) is 10.5. The zero-order valence-electron chi connectivity index (χ0n) is 18.7. The minimum absolute atomic E-state index is 0.0451. The fraction of sp³-hybridized carbons (Fsp3) is 0.240. The van der Waals surface area contributed by atoms with Gasteiger partial charge in [-0.2, -0.15) is 0 Å². The van der Waals surface area contributed by atoms with E-state index < -0.39 is 16.1 Å². The molecule has 8 heteroatoms. The third-order valence-corrected chi connectivity index (χ3v) is 6.64. The van der Waals surface area contributed by atoms with Crippen molar-refractivity contribution >= 4 is 15.9 Å². The van der Waals surface area contributed by atoms with Crippen LogP contribution in [0, 0.1) is 0 Å². The van der Waals surface area contributed by atoms with E-state index in [1.54, 1.807) is 43.5 Å². The summed E-state index contributed by atoms with van der Waals surface area (Å²) in [6, 6.07) is 22.1. The molecule has 0 heterocycles. The summed E-state index contributed by atoms with van der Waals surface area (Å²) in [6.45, 7) is 0.462. The molecule has 0 aliphatic rings. The van der Waals surface area contributed by atoms with Gasteiger partial charge in [0.25, 0.3) is 0 Å². The minimum Gasteiger partial charge on any atom is -0.497 e. The second kappa shape index (κ2) is 11.5. The van der Waals surface area contributed by atoms with Gasteiger partial charge >= 0.3 is 0 Å². The highest BCUT2D eigenvalue weighted by molar-refractivity contribution is 7.89. The Hall–Kier alpha value is -3.36. The number of carbonyl (C=O) groups excluding carboxylic acids is 1. The maximum atomic E-state index is 13.0. The normalized spacial score (nSPS) is 12.1. The number of nitrogens with one attached hydrogen (secondary N) is 2. The Bertz CT molecular complexity index is 1130. The van der Waals surface area contributed by atoms with Gasteiger partial charge in [0.05, 0.1) is 25.2 Å². The van der Waals surface area contributed by atoms with Gasteiger partial charge in [0.2, 0.25) is 15.9 Å². The van der Waals surface area contributed by atoms with Crippen molar-refractivity contribution in [1.29, 1.82) is 0 Å². The number of sulfonamides is 1. The summed E-state index contributed by atoms with van der Waals surface area (Å²) in [7, 11) is -0.808. The monoisotopic (exact) mass is 468 g/mol. The van der Waals surface area contributed by atoms with Crippen LogP contribution in [0.2, 0.25) is 0 Å². The predicted octanol–water partition coefficient (Wildman–Crippen LogP) is 3.47. The van der Waals surface area contributed by atoms with E-state index in [0.717, 1.165) is 5.56 Å². The molecule has 0 saturated carbocycles. The van der Waals surface area contributed by atoms with Gasteiger partial charge < -0.3 is 14.8 Å². The molecular formula is C25H28N2O5S. The van der Waals surface area contributed by atoms with E-state index in [2.05, 4.69) is 10.0 Å². The topological polar surface area (TPSA) is 93.7 Å². The highest BCUT2D eigenvalue weighted by atomic mass is 32.2. The van der Waals surface area contributed by atoms with Gasteiger partial charge in [-0.15, -0.1) is 0 Å². The van der Waals surface area contributed by atoms with Crippen LogP contribution in [0.1, 0.15) is 23.6 Å². The summed E-state index contributed by atoms with van der Waals surface area (Å²) in [5, 5.41) is 2.88. The summed E-state index contributed by atoms with van der Waals surface area (Å²) in [6.07, 6.45) is 0.647. The van der Waals surface area contributed by atoms with Crippen molar-refractivity contribution in [2.24, 2.45) is 0 Å². The molecule has 0 bridgehead atoms. The van der Waals surface area contributed by atoms with Crippen LogP contribution in [-0.2, 0) is 21.2 Å². The molecule has 0 aliphatic carbocycles. The van der Waals surface area contributed by atoms with Gasteiger partial charge in [-0.3, -0.25) is 4.79 Å². The number of carbonyl (C=O) groups is 1. The van der Waals surface area contributed by atoms with Crippen LogP contribution in [0.3, 0.4) is 0 Å². The maximum Gasteiger partial charge on any atom is 0.241 e. The van der Waals surface area contributed by atoms with Gasteiger partial charge in [0.15, 0.2) is 0 Å². The Balaban J connectivity index is 1.73. The summed E-state index contributed by atoms with van der Waals surface area (Å²) in [5.74, 6) is 0.949. The molecule has 0 saturated heterocycles. The van der Waals surface area contributed by atoms with Crippen molar-refractivity contribution in [3.63, 3.8) is 0 Å². The van der Waals surface area contributed by atoms with E-state index in [1.807, 2.05) is 30.3 Å². The molecule has 2 N–H and O–H groups in total. The Morgan fingerprint density at radius 1 is 0.848 bits per heavy atom. The van der Waals surface area contributed by atoms with Crippen molar-refractivity contribution in [2.45, 2.75) is 23.8 Å². The molecule has 1 amide bonds. The Morgan fingerprint density at radius 3 is 2.00 bits per heavy atom. The van der Waals surface area contributed by atoms with E-state index in [0.29, 0.717) is 30.0 Å². The Labute approximate surface area is 194 Å². The number of hydrogen-bond donors (Lipinski definition) is 2. The maximum absolute atomic E-state index is 13.0. The molecule has 3 rings (SSSR count). The van der Waals surface area contributed by atoms with Gasteiger partial charge in [-0.1, -0.05) is 42.5 Å². The van der Waals surface area contributed by atoms with Crippen LogP contribution in [0.15, 0.2) is 83.8 Å². The van der Waals surface area contributed by atoms with E-state index in [-0.39, 0.29) is 17.2 Å². The first-order valence-corrected chi connectivity index (χ1v) is 12.0. The standard InChI is InChI=1S/C25H28N2O5S/c1-31-21-10-8-20(9-11-21)24(18-25(28)26-17-16-19-6-4-3-5-7-19)27-33(29,30)23-14-12-22(32-2)13-15-23/h3-15,24,27H,16-18H2,1-2H3,(H,26,28). The number of methoxy groups -OCH3 is 2. The molecule has 3 aromatic carbocycles. The molecule has 0 aliphatic heterocycles. The lowest BCUT2D eigenvalue weighted by Crippen LogP contribution is -2.34. The molecular weight excluding hydrogens is 440 g/mol. The van der Waals surface area contributed by atoms with Gasteiger partial charge in [-0.25, -0.2) is 13.1 Å². The highest BCUT2D eigenvalue weighted by Crippen LogP contribution is 2.24. The molecule has 1 unspecified atom stereocenters. The third kappa shape index (κ3) is 7.06. The minimum atomic E-state index is -3.87. The van der Waals surface area contributed by atoms with Crippen LogP contribution in [-0.4, -0.2) is 35.1 Å². The third-order valence-electron chi connectivity index (χ3n) is 5.15. The summed E-state index contributed by atoms with van der Waals surface area (Å²) < 4.78 is 39.0. The molecule has 7 nitrogen and oxygen atoms in total. The number of rotatable bonds is 11. The molecule has 0 fully saturated rings. The lowest BCUT2D eigenvalue weighted by atomic mass is 10.0. The van der Waals surface area contributed by atoms with Crippen LogP contribution < -0.4 is 19.5 Å². The number of benzene rings is 3. The summed E-state index contributed by atoms with van der Waals surface area (Å²) in [4.78, 5) is 12.7. The second-order valence-electron chi connectivity index (χ2n) is 7.41. The predicted molar refractivity (Wildman–Crippen MR) is 127 cm³/mol. The van der Waals surface area contributed by atoms with Crippen LogP contribution in [0.5, 0.6) is 11.5 Å². The van der Waals surface area contributed by atoms with Crippen molar-refractivity contribution < 1.29 is 22.7 Å². The molecule has 174 valence electrons.